The number of piperidine rings is 1. The molecule has 4 nitrogen and oxygen atoms in total. The second-order valence-electron chi connectivity index (χ2n) is 4.74. The van der Waals surface area contributed by atoms with Crippen molar-refractivity contribution in [3.8, 4) is 11.5 Å². The molecule has 0 spiro atoms. The maximum absolute atomic E-state index is 5.88. The van der Waals surface area contributed by atoms with Crippen molar-refractivity contribution in [2.45, 2.75) is 12.3 Å². The van der Waals surface area contributed by atoms with Gasteiger partial charge in [0, 0.05) is 18.5 Å². The van der Waals surface area contributed by atoms with E-state index in [2.05, 4.69) is 17.4 Å². The van der Waals surface area contributed by atoms with Crippen LogP contribution in [0.2, 0.25) is 0 Å². The van der Waals surface area contributed by atoms with Gasteiger partial charge in [-0.2, -0.15) is 0 Å². The number of hydrogen-bond donors (Lipinski definition) is 2. The van der Waals surface area contributed by atoms with Gasteiger partial charge in [0.2, 0.25) is 0 Å². The van der Waals surface area contributed by atoms with Crippen molar-refractivity contribution in [2.24, 2.45) is 11.7 Å². The lowest BCUT2D eigenvalue weighted by atomic mass is 9.81. The zero-order chi connectivity index (χ0) is 13.0. The van der Waals surface area contributed by atoms with E-state index in [9.17, 15) is 0 Å². The van der Waals surface area contributed by atoms with E-state index >= 15 is 0 Å². The molecule has 1 aromatic carbocycles. The molecule has 1 aliphatic heterocycles. The number of methoxy groups -OCH3 is 2. The molecule has 4 heteroatoms. The highest BCUT2D eigenvalue weighted by Gasteiger charge is 2.26. The number of benzene rings is 1. The summed E-state index contributed by atoms with van der Waals surface area (Å²) in [6.07, 6.45) is 1.13. The predicted octanol–water partition coefficient (Wildman–Crippen LogP) is 1.36. The average molecular weight is 250 g/mol. The third-order valence-corrected chi connectivity index (χ3v) is 3.73. The number of nitrogens with two attached hydrogens (primary N) is 1. The SMILES string of the molecule is COc1cc(OC)cc(C2CNCCC2CN)c1. The minimum absolute atomic E-state index is 0.438. The van der Waals surface area contributed by atoms with Gasteiger partial charge in [-0.25, -0.2) is 0 Å². The van der Waals surface area contributed by atoms with Gasteiger partial charge in [-0.1, -0.05) is 0 Å². The Morgan fingerprint density at radius 2 is 1.89 bits per heavy atom. The van der Waals surface area contributed by atoms with Crippen molar-refractivity contribution < 1.29 is 9.47 Å². The fourth-order valence-corrected chi connectivity index (χ4v) is 2.63. The van der Waals surface area contributed by atoms with Crippen LogP contribution < -0.4 is 20.5 Å². The molecule has 1 aliphatic rings. The summed E-state index contributed by atoms with van der Waals surface area (Å²) in [5.74, 6) is 2.65. The van der Waals surface area contributed by atoms with Crippen LogP contribution in [0.3, 0.4) is 0 Å². The second kappa shape index (κ2) is 6.07. The Morgan fingerprint density at radius 3 is 2.44 bits per heavy atom. The van der Waals surface area contributed by atoms with E-state index in [0.717, 1.165) is 37.6 Å². The molecule has 0 radical (unpaired) electrons. The van der Waals surface area contributed by atoms with Crippen LogP contribution in [0.1, 0.15) is 17.9 Å². The summed E-state index contributed by atoms with van der Waals surface area (Å²) >= 11 is 0. The highest BCUT2D eigenvalue weighted by molar-refractivity contribution is 5.40. The molecule has 1 saturated heterocycles. The smallest absolute Gasteiger partial charge is 0.122 e. The molecule has 2 atom stereocenters. The topological polar surface area (TPSA) is 56.5 Å². The fourth-order valence-electron chi connectivity index (χ4n) is 2.63. The van der Waals surface area contributed by atoms with Gasteiger partial charge >= 0.3 is 0 Å². The minimum atomic E-state index is 0.438. The number of ether oxygens (including phenoxy) is 2. The van der Waals surface area contributed by atoms with Crippen LogP contribution in [0.5, 0.6) is 11.5 Å². The van der Waals surface area contributed by atoms with E-state index in [1.54, 1.807) is 14.2 Å². The summed E-state index contributed by atoms with van der Waals surface area (Å²) < 4.78 is 10.7. The molecule has 2 unspecified atom stereocenters. The predicted molar refractivity (Wildman–Crippen MR) is 72.3 cm³/mol. The lowest BCUT2D eigenvalue weighted by molar-refractivity contribution is 0.328. The van der Waals surface area contributed by atoms with Crippen LogP contribution in [0.25, 0.3) is 0 Å². The first kappa shape index (κ1) is 13.2. The Kier molecular flexibility index (Phi) is 4.44. The van der Waals surface area contributed by atoms with Gasteiger partial charge in [0.15, 0.2) is 0 Å². The monoisotopic (exact) mass is 250 g/mol. The van der Waals surface area contributed by atoms with Gasteiger partial charge in [0.25, 0.3) is 0 Å². The first-order chi connectivity index (χ1) is 8.78. The average Bonchev–Trinajstić information content (AvgIpc) is 2.46. The third kappa shape index (κ3) is 2.76. The molecule has 1 fully saturated rings. The van der Waals surface area contributed by atoms with Gasteiger partial charge in [-0.05, 0) is 43.1 Å². The zero-order valence-electron chi connectivity index (χ0n) is 11.1. The molecule has 2 rings (SSSR count). The Morgan fingerprint density at radius 1 is 1.22 bits per heavy atom. The van der Waals surface area contributed by atoms with E-state index in [0.29, 0.717) is 11.8 Å². The van der Waals surface area contributed by atoms with E-state index in [1.807, 2.05) is 6.07 Å². The molecule has 1 heterocycles. The summed E-state index contributed by atoms with van der Waals surface area (Å²) in [6, 6.07) is 6.07. The zero-order valence-corrected chi connectivity index (χ0v) is 11.1. The normalized spacial score (nSPS) is 23.7. The summed E-state index contributed by atoms with van der Waals surface area (Å²) in [4.78, 5) is 0. The first-order valence-electron chi connectivity index (χ1n) is 6.42. The Bertz CT molecular complexity index is 373. The van der Waals surface area contributed by atoms with Crippen molar-refractivity contribution in [3.05, 3.63) is 23.8 Å². The molecule has 1 aromatic rings. The van der Waals surface area contributed by atoms with E-state index in [4.69, 9.17) is 15.2 Å². The third-order valence-electron chi connectivity index (χ3n) is 3.73. The van der Waals surface area contributed by atoms with Crippen molar-refractivity contribution in [1.82, 2.24) is 5.32 Å². The summed E-state index contributed by atoms with van der Waals surface area (Å²) in [7, 11) is 3.36. The molecule has 0 aromatic heterocycles. The maximum atomic E-state index is 5.88. The summed E-state index contributed by atoms with van der Waals surface area (Å²) in [6.45, 7) is 2.75. The molecule has 0 amide bonds. The van der Waals surface area contributed by atoms with Gasteiger partial charge in [0.05, 0.1) is 14.2 Å². The lowest BCUT2D eigenvalue weighted by Gasteiger charge is -2.32. The molecule has 0 bridgehead atoms. The molecule has 18 heavy (non-hydrogen) atoms. The summed E-state index contributed by atoms with van der Waals surface area (Å²) in [5, 5.41) is 3.44. The van der Waals surface area contributed by atoms with Gasteiger partial charge in [-0.3, -0.25) is 0 Å². The van der Waals surface area contributed by atoms with Gasteiger partial charge < -0.3 is 20.5 Å². The van der Waals surface area contributed by atoms with Crippen molar-refractivity contribution in [2.75, 3.05) is 33.9 Å². The molecule has 0 aliphatic carbocycles. The van der Waals surface area contributed by atoms with Crippen LogP contribution in [0, 0.1) is 5.92 Å². The lowest BCUT2D eigenvalue weighted by Crippen LogP contribution is -2.38. The van der Waals surface area contributed by atoms with Crippen molar-refractivity contribution in [1.29, 1.82) is 0 Å². The number of rotatable bonds is 4. The second-order valence-corrected chi connectivity index (χ2v) is 4.74. The van der Waals surface area contributed by atoms with Gasteiger partial charge in [-0.15, -0.1) is 0 Å². The van der Waals surface area contributed by atoms with E-state index < -0.39 is 0 Å². The highest BCUT2D eigenvalue weighted by atomic mass is 16.5. The molecular formula is C14H22N2O2. The minimum Gasteiger partial charge on any atom is -0.497 e. The molecule has 3 N–H and O–H groups in total. The molecule has 100 valence electrons. The van der Waals surface area contributed by atoms with Gasteiger partial charge in [0.1, 0.15) is 11.5 Å². The first-order valence-corrected chi connectivity index (χ1v) is 6.42. The summed E-state index contributed by atoms with van der Waals surface area (Å²) in [5.41, 5.74) is 7.13. The van der Waals surface area contributed by atoms with Crippen LogP contribution in [0.15, 0.2) is 18.2 Å². The fraction of sp³-hybridized carbons (Fsp3) is 0.571. The van der Waals surface area contributed by atoms with Crippen LogP contribution in [0.4, 0.5) is 0 Å². The quantitative estimate of drug-likeness (QED) is 0.847. The van der Waals surface area contributed by atoms with E-state index in [1.165, 1.54) is 5.56 Å². The van der Waals surface area contributed by atoms with Crippen molar-refractivity contribution in [3.63, 3.8) is 0 Å². The van der Waals surface area contributed by atoms with E-state index in [-0.39, 0.29) is 0 Å². The Balaban J connectivity index is 2.29. The highest BCUT2D eigenvalue weighted by Crippen LogP contribution is 2.33. The Labute approximate surface area is 108 Å². The standard InChI is InChI=1S/C14H22N2O2/c1-17-12-5-11(6-13(7-12)18-2)14-9-16-4-3-10(14)8-15/h5-7,10,14,16H,3-4,8-9,15H2,1-2H3. The number of nitrogens with one attached hydrogen (secondary N) is 1. The van der Waals surface area contributed by atoms with Crippen LogP contribution in [-0.4, -0.2) is 33.9 Å². The largest absolute Gasteiger partial charge is 0.497 e. The van der Waals surface area contributed by atoms with Crippen molar-refractivity contribution >= 4 is 0 Å². The maximum Gasteiger partial charge on any atom is 0.122 e. The molecular weight excluding hydrogens is 228 g/mol. The number of hydrogen-bond acceptors (Lipinski definition) is 4. The van der Waals surface area contributed by atoms with Crippen LogP contribution >= 0.6 is 0 Å². The Hall–Kier alpha value is -1.26. The molecule has 0 saturated carbocycles. The van der Waals surface area contributed by atoms with Crippen LogP contribution in [-0.2, 0) is 0 Å².